The molecule has 0 spiro atoms. The fraction of sp³-hybridized carbons (Fsp3) is 0.692. The van der Waals surface area contributed by atoms with Crippen molar-refractivity contribution in [2.75, 3.05) is 19.7 Å². The molecule has 8 nitrogen and oxygen atoms in total. The number of guanidine groups is 1. The highest BCUT2D eigenvalue weighted by molar-refractivity contribution is 5.79. The molecule has 1 aromatic rings. The minimum Gasteiger partial charge on any atom is -0.466 e. The molecule has 0 fully saturated rings. The van der Waals surface area contributed by atoms with E-state index in [-0.39, 0.29) is 5.97 Å². The molecular formula is C13H24N6O2. The van der Waals surface area contributed by atoms with Crippen molar-refractivity contribution in [3.8, 4) is 0 Å². The Bertz CT molecular complexity index is 457. The molecule has 0 bridgehead atoms. The molecule has 0 saturated heterocycles. The number of aromatic nitrogens is 3. The van der Waals surface area contributed by atoms with Crippen LogP contribution in [0.1, 0.15) is 32.5 Å². The van der Waals surface area contributed by atoms with Crippen LogP contribution in [0.2, 0.25) is 0 Å². The summed E-state index contributed by atoms with van der Waals surface area (Å²) >= 11 is 0. The van der Waals surface area contributed by atoms with E-state index in [2.05, 4.69) is 25.7 Å². The molecule has 0 radical (unpaired) electrons. The molecule has 1 aromatic heterocycles. The third-order valence-corrected chi connectivity index (χ3v) is 2.68. The number of esters is 1. The van der Waals surface area contributed by atoms with Crippen molar-refractivity contribution in [1.29, 1.82) is 0 Å². The van der Waals surface area contributed by atoms with Crippen molar-refractivity contribution in [3.63, 3.8) is 0 Å². The lowest BCUT2D eigenvalue weighted by molar-refractivity contribution is -0.143. The van der Waals surface area contributed by atoms with Gasteiger partial charge in [-0.25, -0.2) is 9.98 Å². The number of carbonyl (C=O) groups excluding carboxylic acids is 1. The normalized spacial score (nSPS) is 11.3. The smallest absolute Gasteiger partial charge is 0.305 e. The number of hydrogen-bond donors (Lipinski definition) is 2. The zero-order valence-electron chi connectivity index (χ0n) is 12.9. The van der Waals surface area contributed by atoms with Crippen molar-refractivity contribution in [1.82, 2.24) is 25.4 Å². The Hall–Kier alpha value is -2.12. The van der Waals surface area contributed by atoms with Gasteiger partial charge in [-0.1, -0.05) is 0 Å². The third-order valence-electron chi connectivity index (χ3n) is 2.68. The van der Waals surface area contributed by atoms with Crippen LogP contribution in [0.5, 0.6) is 0 Å². The van der Waals surface area contributed by atoms with E-state index in [4.69, 9.17) is 4.74 Å². The van der Waals surface area contributed by atoms with Crippen LogP contribution >= 0.6 is 0 Å². The van der Waals surface area contributed by atoms with Crippen molar-refractivity contribution < 1.29 is 9.53 Å². The van der Waals surface area contributed by atoms with Crippen LogP contribution in [-0.2, 0) is 23.1 Å². The Kier molecular flexibility index (Phi) is 7.85. The summed E-state index contributed by atoms with van der Waals surface area (Å²) in [6.07, 6.45) is 2.61. The number of carbonyl (C=O) groups is 1. The summed E-state index contributed by atoms with van der Waals surface area (Å²) in [6.45, 7) is 6.10. The van der Waals surface area contributed by atoms with Gasteiger partial charge in [-0.2, -0.15) is 5.10 Å². The van der Waals surface area contributed by atoms with E-state index in [0.29, 0.717) is 38.5 Å². The maximum Gasteiger partial charge on any atom is 0.305 e. The van der Waals surface area contributed by atoms with Crippen molar-refractivity contribution in [2.24, 2.45) is 12.0 Å². The van der Waals surface area contributed by atoms with Crippen molar-refractivity contribution >= 4 is 11.9 Å². The topological polar surface area (TPSA) is 93.4 Å². The predicted octanol–water partition coefficient (Wildman–Crippen LogP) is 0.214. The van der Waals surface area contributed by atoms with Gasteiger partial charge >= 0.3 is 5.97 Å². The van der Waals surface area contributed by atoms with Crippen LogP contribution in [0, 0.1) is 0 Å². The molecule has 0 aliphatic carbocycles. The van der Waals surface area contributed by atoms with Crippen molar-refractivity contribution in [3.05, 3.63) is 12.2 Å². The SMILES string of the molecule is CCNC(=NCc1ncnn1C)NCCCC(=O)OCC. The van der Waals surface area contributed by atoms with Gasteiger partial charge in [0.05, 0.1) is 6.61 Å². The monoisotopic (exact) mass is 296 g/mol. The zero-order valence-corrected chi connectivity index (χ0v) is 12.9. The number of hydrogen-bond acceptors (Lipinski definition) is 5. The number of rotatable bonds is 8. The maximum absolute atomic E-state index is 11.2. The molecular weight excluding hydrogens is 272 g/mol. The van der Waals surface area contributed by atoms with E-state index in [9.17, 15) is 4.79 Å². The van der Waals surface area contributed by atoms with E-state index in [0.717, 1.165) is 12.4 Å². The Morgan fingerprint density at radius 1 is 1.43 bits per heavy atom. The Balaban J connectivity index is 2.35. The quantitative estimate of drug-likeness (QED) is 0.308. The lowest BCUT2D eigenvalue weighted by Gasteiger charge is -2.10. The fourth-order valence-electron chi connectivity index (χ4n) is 1.63. The summed E-state index contributed by atoms with van der Waals surface area (Å²) in [5, 5.41) is 10.3. The van der Waals surface area contributed by atoms with Crippen LogP contribution in [0.15, 0.2) is 11.3 Å². The molecule has 0 saturated carbocycles. The molecule has 0 aliphatic heterocycles. The second kappa shape index (κ2) is 9.73. The maximum atomic E-state index is 11.2. The second-order valence-corrected chi connectivity index (χ2v) is 4.33. The van der Waals surface area contributed by atoms with E-state index >= 15 is 0 Å². The first-order valence-corrected chi connectivity index (χ1v) is 7.18. The largest absolute Gasteiger partial charge is 0.466 e. The molecule has 0 aliphatic rings. The molecule has 0 aromatic carbocycles. The zero-order chi connectivity index (χ0) is 15.5. The van der Waals surface area contributed by atoms with E-state index in [1.54, 1.807) is 11.6 Å². The van der Waals surface area contributed by atoms with E-state index < -0.39 is 0 Å². The molecule has 0 amide bonds. The summed E-state index contributed by atoms with van der Waals surface area (Å²) < 4.78 is 6.56. The average Bonchev–Trinajstić information content (AvgIpc) is 2.86. The van der Waals surface area contributed by atoms with Crippen LogP contribution < -0.4 is 10.6 Å². The number of ether oxygens (including phenoxy) is 1. The lowest BCUT2D eigenvalue weighted by atomic mass is 10.3. The number of nitrogens with one attached hydrogen (secondary N) is 2. The molecule has 8 heteroatoms. The fourth-order valence-corrected chi connectivity index (χ4v) is 1.63. The summed E-state index contributed by atoms with van der Waals surface area (Å²) in [5.41, 5.74) is 0. The summed E-state index contributed by atoms with van der Waals surface area (Å²) in [6, 6.07) is 0. The molecule has 1 heterocycles. The van der Waals surface area contributed by atoms with E-state index in [1.807, 2.05) is 14.0 Å². The average molecular weight is 296 g/mol. The molecule has 0 atom stereocenters. The van der Waals surface area contributed by atoms with Gasteiger partial charge in [0.1, 0.15) is 18.7 Å². The predicted molar refractivity (Wildman–Crippen MR) is 79.7 cm³/mol. The van der Waals surface area contributed by atoms with Gasteiger partial charge in [-0.3, -0.25) is 9.48 Å². The molecule has 2 N–H and O–H groups in total. The Morgan fingerprint density at radius 2 is 2.24 bits per heavy atom. The van der Waals surface area contributed by atoms with Gasteiger partial charge < -0.3 is 15.4 Å². The molecule has 21 heavy (non-hydrogen) atoms. The first kappa shape index (κ1) is 16.9. The highest BCUT2D eigenvalue weighted by Gasteiger charge is 2.03. The van der Waals surface area contributed by atoms with Crippen LogP contribution in [0.4, 0.5) is 0 Å². The minimum absolute atomic E-state index is 0.166. The lowest BCUT2D eigenvalue weighted by Crippen LogP contribution is -2.38. The van der Waals surface area contributed by atoms with Gasteiger partial charge in [0, 0.05) is 26.6 Å². The summed E-state index contributed by atoms with van der Waals surface area (Å²) in [4.78, 5) is 19.8. The molecule has 1 rings (SSSR count). The number of aryl methyl sites for hydroxylation is 1. The van der Waals surface area contributed by atoms with Gasteiger partial charge in [0.15, 0.2) is 5.96 Å². The molecule has 0 unspecified atom stereocenters. The highest BCUT2D eigenvalue weighted by Crippen LogP contribution is 1.94. The standard InChI is InChI=1S/C13H24N6O2/c1-4-14-13(15-8-6-7-12(20)21-5-2)16-9-11-17-10-18-19(11)3/h10H,4-9H2,1-3H3,(H2,14,15,16). The number of aliphatic imine (C=N–C) groups is 1. The summed E-state index contributed by atoms with van der Waals surface area (Å²) in [7, 11) is 1.83. The van der Waals surface area contributed by atoms with Gasteiger partial charge in [-0.05, 0) is 20.3 Å². The second-order valence-electron chi connectivity index (χ2n) is 4.33. The van der Waals surface area contributed by atoms with Gasteiger partial charge in [0.2, 0.25) is 0 Å². The third kappa shape index (κ3) is 6.73. The van der Waals surface area contributed by atoms with Crippen LogP contribution in [-0.4, -0.2) is 46.4 Å². The minimum atomic E-state index is -0.166. The van der Waals surface area contributed by atoms with Gasteiger partial charge in [0.25, 0.3) is 0 Å². The first-order chi connectivity index (χ1) is 10.2. The number of nitrogens with zero attached hydrogens (tertiary/aromatic N) is 4. The first-order valence-electron chi connectivity index (χ1n) is 7.18. The summed E-state index contributed by atoms with van der Waals surface area (Å²) in [5.74, 6) is 1.32. The Morgan fingerprint density at radius 3 is 2.86 bits per heavy atom. The van der Waals surface area contributed by atoms with E-state index in [1.165, 1.54) is 6.33 Å². The van der Waals surface area contributed by atoms with Gasteiger partial charge in [-0.15, -0.1) is 0 Å². The molecule has 118 valence electrons. The highest BCUT2D eigenvalue weighted by atomic mass is 16.5. The Labute approximate surface area is 125 Å². The van der Waals surface area contributed by atoms with Crippen LogP contribution in [0.25, 0.3) is 0 Å². The van der Waals surface area contributed by atoms with Crippen molar-refractivity contribution in [2.45, 2.75) is 33.2 Å². The van der Waals surface area contributed by atoms with Crippen LogP contribution in [0.3, 0.4) is 0 Å².